The van der Waals surface area contributed by atoms with E-state index in [-0.39, 0.29) is 0 Å². The molecular formula is C16H25NO. The minimum Gasteiger partial charge on any atom is -0.379 e. The van der Waals surface area contributed by atoms with Crippen LogP contribution < -0.4 is 5.32 Å². The van der Waals surface area contributed by atoms with Gasteiger partial charge in [-0.25, -0.2) is 0 Å². The van der Waals surface area contributed by atoms with Gasteiger partial charge in [-0.1, -0.05) is 36.6 Å². The van der Waals surface area contributed by atoms with E-state index in [1.165, 1.54) is 36.0 Å². The molecule has 0 amide bonds. The first kappa shape index (κ1) is 13.6. The number of rotatable bonds is 7. The molecule has 1 aromatic carbocycles. The summed E-state index contributed by atoms with van der Waals surface area (Å²) < 4.78 is 5.82. The number of benzene rings is 1. The molecule has 2 rings (SSSR count). The quantitative estimate of drug-likeness (QED) is 0.746. The Morgan fingerprint density at radius 3 is 2.78 bits per heavy atom. The molecule has 0 aliphatic heterocycles. The van der Waals surface area contributed by atoms with Gasteiger partial charge in [0, 0.05) is 6.61 Å². The van der Waals surface area contributed by atoms with E-state index in [2.05, 4.69) is 37.4 Å². The van der Waals surface area contributed by atoms with Crippen molar-refractivity contribution >= 4 is 0 Å². The van der Waals surface area contributed by atoms with Crippen molar-refractivity contribution in [3.8, 4) is 0 Å². The summed E-state index contributed by atoms with van der Waals surface area (Å²) in [4.78, 5) is 0. The maximum atomic E-state index is 5.82. The highest BCUT2D eigenvalue weighted by molar-refractivity contribution is 5.33. The van der Waals surface area contributed by atoms with Gasteiger partial charge in [-0.05, 0) is 44.4 Å². The predicted octanol–water partition coefficient (Wildman–Crippen LogP) is 3.38. The fourth-order valence-corrected chi connectivity index (χ4v) is 2.32. The van der Waals surface area contributed by atoms with Gasteiger partial charge >= 0.3 is 0 Å². The number of ether oxygens (including phenoxy) is 1. The maximum absolute atomic E-state index is 5.82. The van der Waals surface area contributed by atoms with Crippen molar-refractivity contribution in [2.75, 3.05) is 20.3 Å². The van der Waals surface area contributed by atoms with Crippen LogP contribution >= 0.6 is 0 Å². The molecule has 1 saturated carbocycles. The summed E-state index contributed by atoms with van der Waals surface area (Å²) >= 11 is 0. The Morgan fingerprint density at radius 1 is 1.33 bits per heavy atom. The molecule has 1 atom stereocenters. The highest BCUT2D eigenvalue weighted by atomic mass is 16.5. The lowest BCUT2D eigenvalue weighted by Crippen LogP contribution is -2.23. The van der Waals surface area contributed by atoms with Crippen molar-refractivity contribution < 1.29 is 4.74 Å². The van der Waals surface area contributed by atoms with E-state index in [1.54, 1.807) is 0 Å². The Morgan fingerprint density at radius 2 is 2.11 bits per heavy atom. The van der Waals surface area contributed by atoms with Crippen molar-refractivity contribution in [1.82, 2.24) is 5.32 Å². The minimum absolute atomic E-state index is 0.309. The standard InChI is InChI=1S/C16H25NO/c1-12-4-5-13(2)15(10-12)16(17-3)11-18-9-8-14-6-7-14/h4-5,10,14,16-17H,6-9,11H2,1-3H3. The molecule has 0 saturated heterocycles. The van der Waals surface area contributed by atoms with Crippen LogP contribution in [-0.4, -0.2) is 20.3 Å². The number of hydrogen-bond acceptors (Lipinski definition) is 2. The highest BCUT2D eigenvalue weighted by Gasteiger charge is 2.20. The van der Waals surface area contributed by atoms with Crippen LogP contribution in [0, 0.1) is 19.8 Å². The summed E-state index contributed by atoms with van der Waals surface area (Å²) in [6, 6.07) is 6.93. The molecule has 1 aliphatic rings. The highest BCUT2D eigenvalue weighted by Crippen LogP contribution is 2.32. The smallest absolute Gasteiger partial charge is 0.0661 e. The van der Waals surface area contributed by atoms with Gasteiger partial charge in [-0.15, -0.1) is 0 Å². The third kappa shape index (κ3) is 3.82. The van der Waals surface area contributed by atoms with E-state index < -0.39 is 0 Å². The third-order valence-corrected chi connectivity index (χ3v) is 3.81. The molecule has 1 aromatic rings. The molecule has 0 aromatic heterocycles. The van der Waals surface area contributed by atoms with E-state index in [1.807, 2.05) is 7.05 Å². The number of hydrogen-bond donors (Lipinski definition) is 1. The Hall–Kier alpha value is -0.860. The molecule has 2 nitrogen and oxygen atoms in total. The molecule has 18 heavy (non-hydrogen) atoms. The van der Waals surface area contributed by atoms with Gasteiger partial charge in [-0.3, -0.25) is 0 Å². The Balaban J connectivity index is 1.87. The first-order valence-corrected chi connectivity index (χ1v) is 7.03. The number of likely N-dealkylation sites (N-methyl/N-ethyl adjacent to an activating group) is 1. The second-order valence-electron chi connectivity index (χ2n) is 5.51. The Bertz CT molecular complexity index is 385. The van der Waals surface area contributed by atoms with Gasteiger partial charge < -0.3 is 10.1 Å². The van der Waals surface area contributed by atoms with E-state index in [4.69, 9.17) is 4.74 Å². The van der Waals surface area contributed by atoms with Crippen LogP contribution in [0.25, 0.3) is 0 Å². The lowest BCUT2D eigenvalue weighted by molar-refractivity contribution is 0.108. The average molecular weight is 247 g/mol. The minimum atomic E-state index is 0.309. The Labute approximate surface area is 111 Å². The predicted molar refractivity (Wildman–Crippen MR) is 75.9 cm³/mol. The fraction of sp³-hybridized carbons (Fsp3) is 0.625. The topological polar surface area (TPSA) is 21.3 Å². The van der Waals surface area contributed by atoms with Crippen LogP contribution in [-0.2, 0) is 4.74 Å². The normalized spacial score (nSPS) is 16.8. The first-order valence-electron chi connectivity index (χ1n) is 7.03. The van der Waals surface area contributed by atoms with Crippen LogP contribution in [0.15, 0.2) is 18.2 Å². The Kier molecular flexibility index (Phi) is 4.79. The average Bonchev–Trinajstić information content (AvgIpc) is 3.17. The molecule has 2 heteroatoms. The van der Waals surface area contributed by atoms with Crippen LogP contribution in [0.2, 0.25) is 0 Å². The van der Waals surface area contributed by atoms with Crippen molar-refractivity contribution in [2.45, 2.75) is 39.2 Å². The van der Waals surface area contributed by atoms with E-state index in [0.717, 1.165) is 19.1 Å². The summed E-state index contributed by atoms with van der Waals surface area (Å²) in [6.45, 7) is 5.99. The van der Waals surface area contributed by atoms with Crippen molar-refractivity contribution in [2.24, 2.45) is 5.92 Å². The van der Waals surface area contributed by atoms with Crippen LogP contribution in [0.5, 0.6) is 0 Å². The van der Waals surface area contributed by atoms with Crippen molar-refractivity contribution in [3.05, 3.63) is 34.9 Å². The van der Waals surface area contributed by atoms with E-state index in [9.17, 15) is 0 Å². The molecule has 1 fully saturated rings. The maximum Gasteiger partial charge on any atom is 0.0661 e. The first-order chi connectivity index (χ1) is 8.70. The van der Waals surface area contributed by atoms with Gasteiger partial charge in [0.1, 0.15) is 0 Å². The monoisotopic (exact) mass is 247 g/mol. The van der Waals surface area contributed by atoms with Crippen molar-refractivity contribution in [1.29, 1.82) is 0 Å². The fourth-order valence-electron chi connectivity index (χ4n) is 2.32. The molecule has 1 aliphatic carbocycles. The van der Waals surface area contributed by atoms with Crippen molar-refractivity contribution in [3.63, 3.8) is 0 Å². The van der Waals surface area contributed by atoms with E-state index >= 15 is 0 Å². The van der Waals surface area contributed by atoms with Gasteiger partial charge in [-0.2, -0.15) is 0 Å². The molecule has 0 heterocycles. The molecule has 1 unspecified atom stereocenters. The van der Waals surface area contributed by atoms with Crippen LogP contribution in [0.4, 0.5) is 0 Å². The van der Waals surface area contributed by atoms with Crippen LogP contribution in [0.1, 0.15) is 42.0 Å². The molecule has 0 spiro atoms. The van der Waals surface area contributed by atoms with Gasteiger partial charge in [0.25, 0.3) is 0 Å². The second-order valence-corrected chi connectivity index (χ2v) is 5.51. The summed E-state index contributed by atoms with van der Waals surface area (Å²) in [6.07, 6.45) is 4.06. The zero-order valence-corrected chi connectivity index (χ0v) is 11.8. The summed E-state index contributed by atoms with van der Waals surface area (Å²) in [5.41, 5.74) is 4.02. The van der Waals surface area contributed by atoms with E-state index in [0.29, 0.717) is 6.04 Å². The molecule has 0 radical (unpaired) electrons. The van der Waals surface area contributed by atoms with Gasteiger partial charge in [0.15, 0.2) is 0 Å². The largest absolute Gasteiger partial charge is 0.379 e. The van der Waals surface area contributed by atoms with Crippen LogP contribution in [0.3, 0.4) is 0 Å². The SMILES string of the molecule is CNC(COCCC1CC1)c1cc(C)ccc1C. The second kappa shape index (κ2) is 6.35. The zero-order chi connectivity index (χ0) is 13.0. The molecule has 0 bridgehead atoms. The van der Waals surface area contributed by atoms with Gasteiger partial charge in [0.05, 0.1) is 12.6 Å². The molecular weight excluding hydrogens is 222 g/mol. The summed E-state index contributed by atoms with van der Waals surface area (Å²) in [5, 5.41) is 3.37. The lowest BCUT2D eigenvalue weighted by Gasteiger charge is -2.19. The zero-order valence-electron chi connectivity index (χ0n) is 11.8. The lowest BCUT2D eigenvalue weighted by atomic mass is 9.99. The molecule has 1 N–H and O–H groups in total. The number of aryl methyl sites for hydroxylation is 2. The summed E-state index contributed by atoms with van der Waals surface area (Å²) in [5.74, 6) is 0.957. The molecule has 100 valence electrons. The number of nitrogens with one attached hydrogen (secondary N) is 1. The third-order valence-electron chi connectivity index (χ3n) is 3.81. The summed E-state index contributed by atoms with van der Waals surface area (Å²) in [7, 11) is 2.01. The van der Waals surface area contributed by atoms with Gasteiger partial charge in [0.2, 0.25) is 0 Å².